The molecule has 0 aliphatic carbocycles. The zero-order chi connectivity index (χ0) is 19.6. The average molecular weight is 405 g/mol. The topological polar surface area (TPSA) is 107 Å². The van der Waals surface area contributed by atoms with Crippen molar-refractivity contribution in [1.82, 2.24) is 4.31 Å². The lowest BCUT2D eigenvalue weighted by atomic mass is 10.1. The van der Waals surface area contributed by atoms with E-state index in [1.54, 1.807) is 5.32 Å². The van der Waals surface area contributed by atoms with E-state index < -0.39 is 34.3 Å². The number of aliphatic hydroxyl groups is 2. The molecule has 1 aromatic carbocycles. The Morgan fingerprint density at radius 3 is 2.36 bits per heavy atom. The van der Waals surface area contributed by atoms with Gasteiger partial charge in [0.15, 0.2) is 0 Å². The number of nitrogens with zero attached hydrogens (tertiary/aromatic N) is 1. The summed E-state index contributed by atoms with van der Waals surface area (Å²) in [6.07, 6.45) is -5.21. The molecule has 0 spiro atoms. The fourth-order valence-electron chi connectivity index (χ4n) is 1.57. The van der Waals surface area contributed by atoms with Crippen LogP contribution in [0.25, 0.3) is 0 Å². The number of rotatable bonds is 6. The highest BCUT2D eigenvalue weighted by Gasteiger charge is 2.55. The van der Waals surface area contributed by atoms with Gasteiger partial charge in [-0.25, -0.2) is 8.42 Å². The molecule has 3 N–H and O–H groups in total. The van der Waals surface area contributed by atoms with Gasteiger partial charge >= 0.3 is 6.18 Å². The molecular weight excluding hydrogens is 389 g/mol. The first kappa shape index (κ1) is 21.6. The Kier molecular flexibility index (Phi) is 6.46. The van der Waals surface area contributed by atoms with Gasteiger partial charge in [0, 0.05) is 13.6 Å². The van der Waals surface area contributed by atoms with Crippen molar-refractivity contribution in [3.05, 3.63) is 23.2 Å². The van der Waals surface area contributed by atoms with E-state index in [-0.39, 0.29) is 29.1 Å². The number of aliphatic hydroxyl groups excluding tert-OH is 1. The van der Waals surface area contributed by atoms with Gasteiger partial charge in [-0.2, -0.15) is 17.5 Å². The standard InChI is InChI=1S/C13H16ClF3N2O5S/c1-12(22,13(15,16)17)11(21)18-10-4-3-8(7-9(10)14)25(23,24)19(2)5-6-20/h3-4,7,20,22H,5-6H2,1-2H3,(H,18,21)/t12-/m1/s1. The zero-order valence-electron chi connectivity index (χ0n) is 13.1. The molecule has 0 aliphatic rings. The molecule has 0 bridgehead atoms. The Labute approximate surface area is 147 Å². The van der Waals surface area contributed by atoms with Gasteiger partial charge in [0.05, 0.1) is 22.2 Å². The fraction of sp³-hybridized carbons (Fsp3) is 0.462. The fourth-order valence-corrected chi connectivity index (χ4v) is 3.05. The Hall–Kier alpha value is -1.40. The summed E-state index contributed by atoms with van der Waals surface area (Å²) >= 11 is 5.82. The van der Waals surface area contributed by atoms with Gasteiger partial charge in [-0.3, -0.25) is 4.79 Å². The number of carbonyl (C=O) groups is 1. The second-order valence-electron chi connectivity index (χ2n) is 5.22. The molecule has 25 heavy (non-hydrogen) atoms. The second-order valence-corrected chi connectivity index (χ2v) is 7.67. The van der Waals surface area contributed by atoms with Gasteiger partial charge in [0.25, 0.3) is 5.91 Å². The number of likely N-dealkylation sites (N-methyl/N-ethyl adjacent to an activating group) is 1. The molecule has 1 amide bonds. The highest BCUT2D eigenvalue weighted by atomic mass is 35.5. The molecule has 1 atom stereocenters. The third-order valence-electron chi connectivity index (χ3n) is 3.31. The van der Waals surface area contributed by atoms with E-state index >= 15 is 0 Å². The van der Waals surface area contributed by atoms with Crippen LogP contribution < -0.4 is 5.32 Å². The number of sulfonamides is 1. The molecule has 1 aromatic rings. The molecule has 0 aromatic heterocycles. The molecule has 0 radical (unpaired) electrons. The third kappa shape index (κ3) is 4.61. The highest BCUT2D eigenvalue weighted by Crippen LogP contribution is 2.33. The number of nitrogens with one attached hydrogen (secondary N) is 1. The first-order chi connectivity index (χ1) is 11.2. The average Bonchev–Trinajstić information content (AvgIpc) is 2.48. The minimum atomic E-state index is -5.21. The number of benzene rings is 1. The highest BCUT2D eigenvalue weighted by molar-refractivity contribution is 7.89. The van der Waals surface area contributed by atoms with Crippen LogP contribution in [0.4, 0.5) is 18.9 Å². The molecule has 142 valence electrons. The van der Waals surface area contributed by atoms with E-state index in [9.17, 15) is 31.5 Å². The summed E-state index contributed by atoms with van der Waals surface area (Å²) in [6, 6.07) is 2.95. The Balaban J connectivity index is 3.11. The SMILES string of the molecule is CN(CCO)S(=O)(=O)c1ccc(NC(=O)[C@@](C)(O)C(F)(F)F)c(Cl)c1. The van der Waals surface area contributed by atoms with Crippen LogP contribution in [0, 0.1) is 0 Å². The maximum atomic E-state index is 12.6. The monoisotopic (exact) mass is 404 g/mol. The number of amides is 1. The van der Waals surface area contributed by atoms with Crippen molar-refractivity contribution in [3.63, 3.8) is 0 Å². The summed E-state index contributed by atoms with van der Waals surface area (Å²) in [4.78, 5) is 11.3. The Morgan fingerprint density at radius 2 is 1.92 bits per heavy atom. The summed E-state index contributed by atoms with van der Waals surface area (Å²) in [6.45, 7) is -0.310. The number of anilines is 1. The maximum absolute atomic E-state index is 12.6. The van der Waals surface area contributed by atoms with Crippen LogP contribution in [0.3, 0.4) is 0 Å². The smallest absolute Gasteiger partial charge is 0.395 e. The van der Waals surface area contributed by atoms with Crippen LogP contribution in [0.5, 0.6) is 0 Å². The van der Waals surface area contributed by atoms with E-state index in [2.05, 4.69) is 0 Å². The quantitative estimate of drug-likeness (QED) is 0.660. The molecule has 1 rings (SSSR count). The van der Waals surface area contributed by atoms with Crippen LogP contribution in [0.1, 0.15) is 6.92 Å². The number of hydrogen-bond acceptors (Lipinski definition) is 5. The summed E-state index contributed by atoms with van der Waals surface area (Å²) in [5, 5.41) is 19.5. The van der Waals surface area contributed by atoms with Crippen LogP contribution >= 0.6 is 11.6 Å². The Bertz CT molecular complexity index is 753. The molecular formula is C13H16ClF3N2O5S. The van der Waals surface area contributed by atoms with Crippen molar-refractivity contribution < 1.29 is 36.6 Å². The van der Waals surface area contributed by atoms with Gasteiger partial charge < -0.3 is 15.5 Å². The molecule has 0 heterocycles. The molecule has 0 aliphatic heterocycles. The van der Waals surface area contributed by atoms with Crippen molar-refractivity contribution in [2.45, 2.75) is 23.6 Å². The molecule has 7 nitrogen and oxygen atoms in total. The molecule has 0 unspecified atom stereocenters. The minimum Gasteiger partial charge on any atom is -0.395 e. The molecule has 12 heteroatoms. The second kappa shape index (κ2) is 7.46. The lowest BCUT2D eigenvalue weighted by molar-refractivity contribution is -0.242. The Morgan fingerprint density at radius 1 is 1.36 bits per heavy atom. The summed E-state index contributed by atoms with van der Waals surface area (Å²) in [5.41, 5.74) is -3.96. The molecule has 0 saturated carbocycles. The van der Waals surface area contributed by atoms with E-state index in [0.29, 0.717) is 0 Å². The normalized spacial score (nSPS) is 15.1. The van der Waals surface area contributed by atoms with E-state index in [1.165, 1.54) is 7.05 Å². The summed E-state index contributed by atoms with van der Waals surface area (Å²) in [7, 11) is -2.76. The predicted molar refractivity (Wildman–Crippen MR) is 83.7 cm³/mol. The maximum Gasteiger partial charge on any atom is 0.426 e. The van der Waals surface area contributed by atoms with Crippen molar-refractivity contribution in [2.24, 2.45) is 0 Å². The summed E-state index contributed by atoms with van der Waals surface area (Å²) in [5.74, 6) is -1.77. The van der Waals surface area contributed by atoms with Crippen LogP contribution in [0.2, 0.25) is 5.02 Å². The first-order valence-electron chi connectivity index (χ1n) is 6.72. The predicted octanol–water partition coefficient (Wildman–Crippen LogP) is 1.20. The molecule has 0 saturated heterocycles. The van der Waals surface area contributed by atoms with Crippen LogP contribution in [-0.4, -0.2) is 60.8 Å². The van der Waals surface area contributed by atoms with Gasteiger partial charge in [-0.15, -0.1) is 0 Å². The van der Waals surface area contributed by atoms with E-state index in [4.69, 9.17) is 16.7 Å². The van der Waals surface area contributed by atoms with Gasteiger partial charge in [-0.05, 0) is 25.1 Å². The van der Waals surface area contributed by atoms with E-state index in [1.807, 2.05) is 0 Å². The van der Waals surface area contributed by atoms with Crippen LogP contribution in [-0.2, 0) is 14.8 Å². The van der Waals surface area contributed by atoms with Crippen molar-refractivity contribution >= 4 is 33.2 Å². The van der Waals surface area contributed by atoms with Gasteiger partial charge in [-0.1, -0.05) is 11.6 Å². The van der Waals surface area contributed by atoms with Gasteiger partial charge in [0.2, 0.25) is 15.6 Å². The lowest BCUT2D eigenvalue weighted by Gasteiger charge is -2.25. The largest absolute Gasteiger partial charge is 0.426 e. The van der Waals surface area contributed by atoms with Crippen molar-refractivity contribution in [1.29, 1.82) is 0 Å². The lowest BCUT2D eigenvalue weighted by Crippen LogP contribution is -2.52. The number of carbonyl (C=O) groups excluding carboxylic acids is 1. The van der Waals surface area contributed by atoms with Crippen molar-refractivity contribution in [3.8, 4) is 0 Å². The first-order valence-corrected chi connectivity index (χ1v) is 8.54. The minimum absolute atomic E-state index is 0.174. The van der Waals surface area contributed by atoms with Crippen LogP contribution in [0.15, 0.2) is 23.1 Å². The van der Waals surface area contributed by atoms with Gasteiger partial charge in [0.1, 0.15) is 0 Å². The number of hydrogen-bond donors (Lipinski definition) is 3. The summed E-state index contributed by atoms with van der Waals surface area (Å²) < 4.78 is 63.1. The number of alkyl halides is 3. The molecule has 0 fully saturated rings. The zero-order valence-corrected chi connectivity index (χ0v) is 14.7. The third-order valence-corrected chi connectivity index (χ3v) is 5.47. The van der Waals surface area contributed by atoms with E-state index in [0.717, 1.165) is 22.5 Å². The van der Waals surface area contributed by atoms with Crippen molar-refractivity contribution in [2.75, 3.05) is 25.5 Å². The number of halogens is 4.